The van der Waals surface area contributed by atoms with Gasteiger partial charge in [0.2, 0.25) is 0 Å². The summed E-state index contributed by atoms with van der Waals surface area (Å²) < 4.78 is 6.22. The number of rotatable bonds is 8. The van der Waals surface area contributed by atoms with E-state index in [1.807, 2.05) is 0 Å². The average molecular weight is 314 g/mol. The molecular formula is C15H24BrNO. The molecule has 3 heteroatoms. The molecular weight excluding hydrogens is 290 g/mol. The molecule has 2 atom stereocenters. The van der Waals surface area contributed by atoms with Gasteiger partial charge in [0.05, 0.1) is 6.61 Å². The maximum absolute atomic E-state index is 5.07. The summed E-state index contributed by atoms with van der Waals surface area (Å²) >= 11 is 3.55. The lowest BCUT2D eigenvalue weighted by molar-refractivity contribution is 0.198. The second-order valence-electron chi connectivity index (χ2n) is 4.74. The maximum Gasteiger partial charge on any atom is 0.0587 e. The quantitative estimate of drug-likeness (QED) is 0.737. The van der Waals surface area contributed by atoms with Gasteiger partial charge in [-0.25, -0.2) is 0 Å². The van der Waals surface area contributed by atoms with Gasteiger partial charge >= 0.3 is 0 Å². The van der Waals surface area contributed by atoms with Crippen LogP contribution in [0, 0.1) is 5.92 Å². The molecule has 0 saturated heterocycles. The Morgan fingerprint density at radius 1 is 1.39 bits per heavy atom. The van der Waals surface area contributed by atoms with Crippen molar-refractivity contribution in [2.75, 3.05) is 26.8 Å². The van der Waals surface area contributed by atoms with Crippen molar-refractivity contribution in [1.29, 1.82) is 0 Å². The Hall–Kier alpha value is -0.380. The maximum atomic E-state index is 5.07. The first-order valence-corrected chi connectivity index (χ1v) is 7.43. The molecule has 0 aliphatic rings. The fourth-order valence-electron chi connectivity index (χ4n) is 2.10. The zero-order chi connectivity index (χ0) is 13.4. The molecule has 1 aromatic rings. The van der Waals surface area contributed by atoms with Crippen molar-refractivity contribution in [1.82, 2.24) is 5.32 Å². The molecule has 1 rings (SSSR count). The molecule has 1 N–H and O–H groups in total. The molecule has 0 aliphatic carbocycles. The van der Waals surface area contributed by atoms with Crippen molar-refractivity contribution in [3.05, 3.63) is 34.3 Å². The van der Waals surface area contributed by atoms with Gasteiger partial charge in [-0.3, -0.25) is 0 Å². The average Bonchev–Trinajstić information content (AvgIpc) is 2.38. The van der Waals surface area contributed by atoms with Crippen LogP contribution < -0.4 is 5.32 Å². The summed E-state index contributed by atoms with van der Waals surface area (Å²) in [5, 5.41) is 3.48. The lowest BCUT2D eigenvalue weighted by atomic mass is 9.85. The van der Waals surface area contributed by atoms with Crippen molar-refractivity contribution in [3.8, 4) is 0 Å². The Balaban J connectivity index is 2.66. The molecule has 1 aromatic carbocycles. The Labute approximate surface area is 119 Å². The van der Waals surface area contributed by atoms with E-state index in [-0.39, 0.29) is 0 Å². The van der Waals surface area contributed by atoms with Gasteiger partial charge in [-0.2, -0.15) is 0 Å². The number of hydrogen-bond donors (Lipinski definition) is 1. The Morgan fingerprint density at radius 3 is 2.78 bits per heavy atom. The molecule has 0 aromatic heterocycles. The van der Waals surface area contributed by atoms with Crippen molar-refractivity contribution in [3.63, 3.8) is 0 Å². The number of benzene rings is 1. The molecule has 0 aliphatic heterocycles. The highest BCUT2D eigenvalue weighted by Crippen LogP contribution is 2.28. The van der Waals surface area contributed by atoms with Crippen molar-refractivity contribution < 1.29 is 4.74 Å². The highest BCUT2D eigenvalue weighted by Gasteiger charge is 2.17. The van der Waals surface area contributed by atoms with Gasteiger partial charge in [0.1, 0.15) is 0 Å². The second-order valence-corrected chi connectivity index (χ2v) is 5.66. The van der Waals surface area contributed by atoms with E-state index in [1.165, 1.54) is 12.0 Å². The van der Waals surface area contributed by atoms with Crippen LogP contribution >= 0.6 is 15.9 Å². The molecule has 0 radical (unpaired) electrons. The summed E-state index contributed by atoms with van der Waals surface area (Å²) in [6.07, 6.45) is 1.20. The molecule has 0 bridgehead atoms. The molecule has 102 valence electrons. The van der Waals surface area contributed by atoms with Crippen molar-refractivity contribution >= 4 is 15.9 Å². The molecule has 0 saturated carbocycles. The third-order valence-electron chi connectivity index (χ3n) is 3.45. The smallest absolute Gasteiger partial charge is 0.0587 e. The first-order chi connectivity index (χ1) is 8.69. The monoisotopic (exact) mass is 313 g/mol. The van der Waals surface area contributed by atoms with E-state index in [4.69, 9.17) is 4.74 Å². The van der Waals surface area contributed by atoms with Crippen LogP contribution in [0.5, 0.6) is 0 Å². The largest absolute Gasteiger partial charge is 0.383 e. The molecule has 0 amide bonds. The first kappa shape index (κ1) is 15.7. The van der Waals surface area contributed by atoms with E-state index in [0.29, 0.717) is 11.8 Å². The number of methoxy groups -OCH3 is 1. The normalized spacial score (nSPS) is 14.4. The van der Waals surface area contributed by atoms with Crippen LogP contribution in [-0.4, -0.2) is 26.8 Å². The van der Waals surface area contributed by atoms with Crippen LogP contribution in [0.25, 0.3) is 0 Å². The van der Waals surface area contributed by atoms with Crippen LogP contribution in [0.3, 0.4) is 0 Å². The molecule has 0 spiro atoms. The summed E-state index contributed by atoms with van der Waals surface area (Å²) in [6, 6.07) is 8.65. The molecule has 2 unspecified atom stereocenters. The summed E-state index contributed by atoms with van der Waals surface area (Å²) in [5.41, 5.74) is 1.41. The third kappa shape index (κ3) is 5.09. The van der Waals surface area contributed by atoms with E-state index < -0.39 is 0 Å². The van der Waals surface area contributed by atoms with Gasteiger partial charge in [0.15, 0.2) is 0 Å². The van der Waals surface area contributed by atoms with Gasteiger partial charge in [0, 0.05) is 24.7 Å². The third-order valence-corrected chi connectivity index (χ3v) is 3.95. The van der Waals surface area contributed by atoms with Crippen LogP contribution in [0.1, 0.15) is 31.7 Å². The van der Waals surface area contributed by atoms with Crippen molar-refractivity contribution in [2.24, 2.45) is 5.92 Å². The van der Waals surface area contributed by atoms with Gasteiger partial charge in [-0.15, -0.1) is 0 Å². The SMILES string of the molecule is CCC(C)C(CNCCOC)c1cccc(Br)c1. The van der Waals surface area contributed by atoms with E-state index in [9.17, 15) is 0 Å². The highest BCUT2D eigenvalue weighted by molar-refractivity contribution is 9.10. The van der Waals surface area contributed by atoms with Crippen LogP contribution in [0.15, 0.2) is 28.7 Å². The van der Waals surface area contributed by atoms with E-state index in [0.717, 1.165) is 24.2 Å². The molecule has 18 heavy (non-hydrogen) atoms. The molecule has 0 heterocycles. The van der Waals surface area contributed by atoms with Crippen LogP contribution in [-0.2, 0) is 4.74 Å². The zero-order valence-electron chi connectivity index (χ0n) is 11.6. The lowest BCUT2D eigenvalue weighted by Gasteiger charge is -2.24. The fourth-order valence-corrected chi connectivity index (χ4v) is 2.52. The standard InChI is InChI=1S/C15H24BrNO/c1-4-12(2)15(11-17-8-9-18-3)13-6-5-7-14(16)10-13/h5-7,10,12,15,17H,4,8-9,11H2,1-3H3. The minimum atomic E-state index is 0.560. The Morgan fingerprint density at radius 2 is 2.17 bits per heavy atom. The number of ether oxygens (including phenoxy) is 1. The van der Waals surface area contributed by atoms with E-state index >= 15 is 0 Å². The summed E-state index contributed by atoms with van der Waals surface area (Å²) in [4.78, 5) is 0. The number of halogens is 1. The van der Waals surface area contributed by atoms with Gasteiger partial charge < -0.3 is 10.1 Å². The number of nitrogens with one attached hydrogen (secondary N) is 1. The number of hydrogen-bond acceptors (Lipinski definition) is 2. The predicted octanol–water partition coefficient (Wildman–Crippen LogP) is 3.81. The van der Waals surface area contributed by atoms with Gasteiger partial charge in [-0.1, -0.05) is 48.3 Å². The summed E-state index contributed by atoms with van der Waals surface area (Å²) in [6.45, 7) is 7.27. The summed E-state index contributed by atoms with van der Waals surface area (Å²) in [5.74, 6) is 1.23. The minimum Gasteiger partial charge on any atom is -0.383 e. The van der Waals surface area contributed by atoms with E-state index in [2.05, 4.69) is 59.4 Å². The van der Waals surface area contributed by atoms with Crippen LogP contribution in [0.4, 0.5) is 0 Å². The zero-order valence-corrected chi connectivity index (χ0v) is 13.2. The topological polar surface area (TPSA) is 21.3 Å². The molecule has 2 nitrogen and oxygen atoms in total. The first-order valence-electron chi connectivity index (χ1n) is 6.64. The predicted molar refractivity (Wildman–Crippen MR) is 81.1 cm³/mol. The lowest BCUT2D eigenvalue weighted by Crippen LogP contribution is -2.28. The minimum absolute atomic E-state index is 0.560. The molecule has 0 fully saturated rings. The highest BCUT2D eigenvalue weighted by atomic mass is 79.9. The summed E-state index contributed by atoms with van der Waals surface area (Å²) in [7, 11) is 1.74. The Kier molecular flexibility index (Phi) is 7.56. The van der Waals surface area contributed by atoms with E-state index in [1.54, 1.807) is 7.11 Å². The Bertz CT molecular complexity index is 343. The van der Waals surface area contributed by atoms with Crippen molar-refractivity contribution in [2.45, 2.75) is 26.2 Å². The van der Waals surface area contributed by atoms with Gasteiger partial charge in [-0.05, 0) is 29.5 Å². The fraction of sp³-hybridized carbons (Fsp3) is 0.600. The van der Waals surface area contributed by atoms with Crippen LogP contribution in [0.2, 0.25) is 0 Å². The second kappa shape index (κ2) is 8.68. The van der Waals surface area contributed by atoms with Gasteiger partial charge in [0.25, 0.3) is 0 Å².